The highest BCUT2D eigenvalue weighted by Gasteiger charge is 2.19. The molecule has 0 bridgehead atoms. The van der Waals surface area contributed by atoms with Crippen LogP contribution in [0.4, 0.5) is 0 Å². The van der Waals surface area contributed by atoms with Gasteiger partial charge in [-0.25, -0.2) is 4.98 Å². The zero-order valence-electron chi connectivity index (χ0n) is 17.2. The van der Waals surface area contributed by atoms with Crippen LogP contribution in [0.2, 0.25) is 0 Å². The number of hydrogen-bond donors (Lipinski definition) is 3. The van der Waals surface area contributed by atoms with E-state index in [-0.39, 0.29) is 11.8 Å². The molecule has 4 aromatic rings. The second-order valence-electron chi connectivity index (χ2n) is 7.58. The number of pyridine rings is 1. The topological polar surface area (TPSA) is 86.9 Å². The fourth-order valence-electron chi connectivity index (χ4n) is 3.51. The summed E-state index contributed by atoms with van der Waals surface area (Å²) in [7, 11) is 0. The molecule has 2 amide bonds. The van der Waals surface area contributed by atoms with E-state index >= 15 is 0 Å². The van der Waals surface area contributed by atoms with Gasteiger partial charge in [-0.05, 0) is 38.5 Å². The fraction of sp³-hybridized carbons (Fsp3) is 0.208. The fourth-order valence-corrected chi connectivity index (χ4v) is 3.51. The van der Waals surface area contributed by atoms with Crippen LogP contribution in [0.1, 0.15) is 34.2 Å². The van der Waals surface area contributed by atoms with E-state index in [9.17, 15) is 9.59 Å². The average Bonchev–Trinajstić information content (AvgIpc) is 3.12. The van der Waals surface area contributed by atoms with Gasteiger partial charge in [0.1, 0.15) is 11.7 Å². The van der Waals surface area contributed by atoms with E-state index in [2.05, 4.69) is 20.6 Å². The SMILES string of the molecule is Cc1ccc(CNC(=O)C(C)NC(=O)c2cc3c([nH]c4ccccc43)c(C)n2)cc1. The first-order valence-corrected chi connectivity index (χ1v) is 9.94. The Kier molecular flexibility index (Phi) is 5.23. The maximum Gasteiger partial charge on any atom is 0.270 e. The van der Waals surface area contributed by atoms with Gasteiger partial charge in [-0.3, -0.25) is 9.59 Å². The van der Waals surface area contributed by atoms with Crippen LogP contribution in [0.5, 0.6) is 0 Å². The van der Waals surface area contributed by atoms with E-state index in [1.165, 1.54) is 5.56 Å². The molecule has 1 atom stereocenters. The smallest absolute Gasteiger partial charge is 0.270 e. The van der Waals surface area contributed by atoms with Gasteiger partial charge in [0.2, 0.25) is 5.91 Å². The van der Waals surface area contributed by atoms with E-state index in [1.807, 2.05) is 62.4 Å². The number of aromatic nitrogens is 2. The van der Waals surface area contributed by atoms with Crippen molar-refractivity contribution in [2.45, 2.75) is 33.4 Å². The molecule has 152 valence electrons. The number of aryl methyl sites for hydroxylation is 2. The molecule has 0 aliphatic heterocycles. The molecular formula is C24H24N4O2. The lowest BCUT2D eigenvalue weighted by atomic mass is 10.1. The average molecular weight is 400 g/mol. The molecule has 2 aromatic carbocycles. The Morgan fingerprint density at radius 3 is 2.53 bits per heavy atom. The predicted molar refractivity (Wildman–Crippen MR) is 118 cm³/mol. The Bertz CT molecular complexity index is 1240. The molecule has 0 saturated heterocycles. The van der Waals surface area contributed by atoms with Gasteiger partial charge >= 0.3 is 0 Å². The first-order valence-electron chi connectivity index (χ1n) is 9.94. The number of nitrogens with zero attached hydrogens (tertiary/aromatic N) is 1. The maximum absolute atomic E-state index is 12.8. The summed E-state index contributed by atoms with van der Waals surface area (Å²) in [6.07, 6.45) is 0. The van der Waals surface area contributed by atoms with Crippen molar-refractivity contribution in [3.63, 3.8) is 0 Å². The number of carbonyl (C=O) groups excluding carboxylic acids is 2. The molecule has 0 saturated carbocycles. The quantitative estimate of drug-likeness (QED) is 0.477. The number of para-hydroxylation sites is 1. The van der Waals surface area contributed by atoms with Gasteiger partial charge in [-0.15, -0.1) is 0 Å². The predicted octanol–water partition coefficient (Wildman–Crippen LogP) is 3.77. The van der Waals surface area contributed by atoms with Crippen LogP contribution in [-0.4, -0.2) is 27.8 Å². The maximum atomic E-state index is 12.8. The zero-order valence-corrected chi connectivity index (χ0v) is 17.2. The van der Waals surface area contributed by atoms with Crippen LogP contribution in [0, 0.1) is 13.8 Å². The van der Waals surface area contributed by atoms with Crippen molar-refractivity contribution >= 4 is 33.6 Å². The summed E-state index contributed by atoms with van der Waals surface area (Å²) in [4.78, 5) is 33.0. The number of benzene rings is 2. The van der Waals surface area contributed by atoms with Gasteiger partial charge in [0, 0.05) is 22.8 Å². The van der Waals surface area contributed by atoms with Crippen LogP contribution in [-0.2, 0) is 11.3 Å². The largest absolute Gasteiger partial charge is 0.353 e. The van der Waals surface area contributed by atoms with Gasteiger partial charge in [0.05, 0.1) is 11.2 Å². The molecule has 0 radical (unpaired) electrons. The van der Waals surface area contributed by atoms with E-state index in [0.717, 1.165) is 33.1 Å². The number of carbonyl (C=O) groups is 2. The highest BCUT2D eigenvalue weighted by Crippen LogP contribution is 2.27. The summed E-state index contributed by atoms with van der Waals surface area (Å²) in [6, 6.07) is 17.0. The number of fused-ring (bicyclic) bond motifs is 3. The van der Waals surface area contributed by atoms with Crippen molar-refractivity contribution < 1.29 is 9.59 Å². The second kappa shape index (κ2) is 7.99. The van der Waals surface area contributed by atoms with Crippen molar-refractivity contribution in [1.82, 2.24) is 20.6 Å². The Labute approximate surface area is 174 Å². The number of nitrogens with one attached hydrogen (secondary N) is 3. The molecule has 2 aromatic heterocycles. The number of aromatic amines is 1. The van der Waals surface area contributed by atoms with E-state index in [0.29, 0.717) is 12.2 Å². The molecule has 0 aliphatic rings. The highest BCUT2D eigenvalue weighted by atomic mass is 16.2. The van der Waals surface area contributed by atoms with Gasteiger partial charge in [-0.2, -0.15) is 0 Å². The van der Waals surface area contributed by atoms with E-state index in [1.54, 1.807) is 13.0 Å². The first kappa shape index (κ1) is 19.6. The Hall–Kier alpha value is -3.67. The van der Waals surface area contributed by atoms with Crippen molar-refractivity contribution in [2.75, 3.05) is 0 Å². The second-order valence-corrected chi connectivity index (χ2v) is 7.58. The molecule has 0 fully saturated rings. The molecule has 2 heterocycles. The Balaban J connectivity index is 1.47. The molecule has 1 unspecified atom stereocenters. The third kappa shape index (κ3) is 3.89. The van der Waals surface area contributed by atoms with Crippen LogP contribution in [0.15, 0.2) is 54.6 Å². The van der Waals surface area contributed by atoms with Crippen molar-refractivity contribution in [3.8, 4) is 0 Å². The van der Waals surface area contributed by atoms with E-state index < -0.39 is 6.04 Å². The summed E-state index contributed by atoms with van der Waals surface area (Å²) in [6.45, 7) is 5.97. The van der Waals surface area contributed by atoms with Gasteiger partial charge in [0.25, 0.3) is 5.91 Å². The third-order valence-corrected chi connectivity index (χ3v) is 5.24. The molecular weight excluding hydrogens is 376 g/mol. The first-order chi connectivity index (χ1) is 14.4. The highest BCUT2D eigenvalue weighted by molar-refractivity contribution is 6.10. The van der Waals surface area contributed by atoms with Crippen molar-refractivity contribution in [2.24, 2.45) is 0 Å². The lowest BCUT2D eigenvalue weighted by molar-refractivity contribution is -0.122. The summed E-state index contributed by atoms with van der Waals surface area (Å²) >= 11 is 0. The normalized spacial score (nSPS) is 12.1. The number of hydrogen-bond acceptors (Lipinski definition) is 3. The lowest BCUT2D eigenvalue weighted by Gasteiger charge is -2.14. The number of amides is 2. The molecule has 6 nitrogen and oxygen atoms in total. The van der Waals surface area contributed by atoms with Crippen molar-refractivity contribution in [1.29, 1.82) is 0 Å². The Morgan fingerprint density at radius 1 is 1.03 bits per heavy atom. The van der Waals surface area contributed by atoms with Crippen LogP contribution in [0.3, 0.4) is 0 Å². The minimum absolute atomic E-state index is 0.242. The summed E-state index contributed by atoms with van der Waals surface area (Å²) < 4.78 is 0. The van der Waals surface area contributed by atoms with Gasteiger partial charge in [-0.1, -0.05) is 48.0 Å². The van der Waals surface area contributed by atoms with Crippen LogP contribution in [0.25, 0.3) is 21.8 Å². The minimum atomic E-state index is -0.677. The monoisotopic (exact) mass is 400 g/mol. The molecule has 4 rings (SSSR count). The molecule has 0 aliphatic carbocycles. The summed E-state index contributed by atoms with van der Waals surface area (Å²) in [5.74, 6) is -0.614. The van der Waals surface area contributed by atoms with Gasteiger partial charge < -0.3 is 15.6 Å². The van der Waals surface area contributed by atoms with Crippen LogP contribution >= 0.6 is 0 Å². The Morgan fingerprint density at radius 2 is 1.77 bits per heavy atom. The standard InChI is InChI=1S/C24H24N4O2/c1-14-8-10-17(11-9-14)13-25-23(29)16(3)27-24(30)21-12-19-18-6-4-5-7-20(18)28-22(19)15(2)26-21/h4-12,16,28H,13H2,1-3H3,(H,25,29)(H,27,30). The third-order valence-electron chi connectivity index (χ3n) is 5.24. The van der Waals surface area contributed by atoms with Crippen LogP contribution < -0.4 is 10.6 Å². The number of rotatable bonds is 5. The minimum Gasteiger partial charge on any atom is -0.353 e. The molecule has 30 heavy (non-hydrogen) atoms. The lowest BCUT2D eigenvalue weighted by Crippen LogP contribution is -2.44. The molecule has 0 spiro atoms. The molecule has 3 N–H and O–H groups in total. The number of H-pyrrole nitrogens is 1. The molecule has 6 heteroatoms. The summed E-state index contributed by atoms with van der Waals surface area (Å²) in [5.41, 5.74) is 5.12. The van der Waals surface area contributed by atoms with Crippen molar-refractivity contribution in [3.05, 3.63) is 77.1 Å². The van der Waals surface area contributed by atoms with Gasteiger partial charge in [0.15, 0.2) is 0 Å². The van der Waals surface area contributed by atoms with E-state index in [4.69, 9.17) is 0 Å². The summed E-state index contributed by atoms with van der Waals surface area (Å²) in [5, 5.41) is 7.59. The zero-order chi connectivity index (χ0) is 21.3.